The minimum Gasteiger partial charge on any atom is -0.497 e. The Labute approximate surface area is 134 Å². The van der Waals surface area contributed by atoms with Crippen LogP contribution in [0.1, 0.15) is 63.0 Å². The monoisotopic (exact) mass is 296 g/mol. The molecule has 22 heavy (non-hydrogen) atoms. The summed E-state index contributed by atoms with van der Waals surface area (Å²) in [5.74, 6) is 3.55. The van der Waals surface area contributed by atoms with Gasteiger partial charge in [0.05, 0.1) is 7.11 Å². The number of rotatable bonds is 1. The van der Waals surface area contributed by atoms with Gasteiger partial charge in [-0.1, -0.05) is 24.6 Å². The van der Waals surface area contributed by atoms with Crippen LogP contribution in [0.3, 0.4) is 0 Å². The van der Waals surface area contributed by atoms with Gasteiger partial charge < -0.3 is 4.74 Å². The van der Waals surface area contributed by atoms with Crippen molar-refractivity contribution in [1.29, 1.82) is 0 Å². The molecule has 0 spiro atoms. The minimum absolute atomic E-state index is 0.484. The summed E-state index contributed by atoms with van der Waals surface area (Å²) >= 11 is 0. The molecule has 1 nitrogen and oxygen atoms in total. The van der Waals surface area contributed by atoms with Crippen molar-refractivity contribution in [3.63, 3.8) is 0 Å². The lowest BCUT2D eigenvalue weighted by Gasteiger charge is -2.47. The van der Waals surface area contributed by atoms with Crippen molar-refractivity contribution in [2.75, 3.05) is 7.11 Å². The van der Waals surface area contributed by atoms with E-state index < -0.39 is 0 Å². The van der Waals surface area contributed by atoms with Gasteiger partial charge in [-0.15, -0.1) is 0 Å². The molecule has 0 saturated heterocycles. The Morgan fingerprint density at radius 1 is 1.23 bits per heavy atom. The summed E-state index contributed by atoms with van der Waals surface area (Å²) in [6, 6.07) is 6.84. The van der Waals surface area contributed by atoms with E-state index in [4.69, 9.17) is 4.74 Å². The van der Waals surface area contributed by atoms with Gasteiger partial charge in [0, 0.05) is 0 Å². The summed E-state index contributed by atoms with van der Waals surface area (Å²) in [6.45, 7) is 4.91. The van der Waals surface area contributed by atoms with Gasteiger partial charge in [-0.3, -0.25) is 0 Å². The van der Waals surface area contributed by atoms with E-state index in [0.717, 1.165) is 23.5 Å². The van der Waals surface area contributed by atoms with Gasteiger partial charge in [-0.2, -0.15) is 0 Å². The molecule has 118 valence electrons. The van der Waals surface area contributed by atoms with E-state index >= 15 is 0 Å². The van der Waals surface area contributed by atoms with Gasteiger partial charge in [-0.05, 0) is 91.9 Å². The molecule has 1 aromatic carbocycles. The van der Waals surface area contributed by atoms with Crippen LogP contribution in [0, 0.1) is 17.3 Å². The molecule has 3 aliphatic carbocycles. The highest BCUT2D eigenvalue weighted by molar-refractivity contribution is 5.40. The number of hydrogen-bond donors (Lipinski definition) is 0. The average molecular weight is 296 g/mol. The molecule has 1 fully saturated rings. The molecule has 0 heterocycles. The largest absolute Gasteiger partial charge is 0.497 e. The van der Waals surface area contributed by atoms with Crippen molar-refractivity contribution in [2.24, 2.45) is 17.3 Å². The highest BCUT2D eigenvalue weighted by atomic mass is 16.5. The Morgan fingerprint density at radius 3 is 2.91 bits per heavy atom. The predicted molar refractivity (Wildman–Crippen MR) is 91.4 cm³/mol. The van der Waals surface area contributed by atoms with Crippen molar-refractivity contribution >= 4 is 0 Å². The van der Waals surface area contributed by atoms with Crippen molar-refractivity contribution in [3.8, 4) is 5.75 Å². The molecular formula is C21H28O. The van der Waals surface area contributed by atoms with Gasteiger partial charge in [0.2, 0.25) is 0 Å². The number of hydrogen-bond acceptors (Lipinski definition) is 1. The van der Waals surface area contributed by atoms with Gasteiger partial charge in [0.1, 0.15) is 5.75 Å². The van der Waals surface area contributed by atoms with Crippen LogP contribution >= 0.6 is 0 Å². The Morgan fingerprint density at radius 2 is 2.09 bits per heavy atom. The van der Waals surface area contributed by atoms with E-state index in [1.54, 1.807) is 23.8 Å². The topological polar surface area (TPSA) is 9.23 Å². The number of benzene rings is 1. The second-order valence-electron chi connectivity index (χ2n) is 7.91. The second-order valence-corrected chi connectivity index (χ2v) is 7.91. The molecule has 0 radical (unpaired) electrons. The number of fused-ring (bicyclic) bond motifs is 5. The molecule has 0 aromatic heterocycles. The van der Waals surface area contributed by atoms with Gasteiger partial charge >= 0.3 is 0 Å². The van der Waals surface area contributed by atoms with E-state index in [0.29, 0.717) is 5.41 Å². The number of methoxy groups -OCH3 is 1. The van der Waals surface area contributed by atoms with Crippen molar-refractivity contribution in [3.05, 3.63) is 41.0 Å². The summed E-state index contributed by atoms with van der Waals surface area (Å²) < 4.78 is 5.45. The summed E-state index contributed by atoms with van der Waals surface area (Å²) in [5, 5.41) is 0. The van der Waals surface area contributed by atoms with Gasteiger partial charge in [0.25, 0.3) is 0 Å². The van der Waals surface area contributed by atoms with Crippen LogP contribution in [0.5, 0.6) is 5.75 Å². The normalized spacial score (nSPS) is 36.7. The number of ether oxygens (including phenoxy) is 1. The summed E-state index contributed by atoms with van der Waals surface area (Å²) in [4.78, 5) is 0. The second kappa shape index (κ2) is 5.15. The highest BCUT2D eigenvalue weighted by Gasteiger charge is 2.49. The molecule has 0 bridgehead atoms. The van der Waals surface area contributed by atoms with Gasteiger partial charge in [0.15, 0.2) is 0 Å². The van der Waals surface area contributed by atoms with E-state index in [1.165, 1.54) is 38.5 Å². The molecule has 0 N–H and O–H groups in total. The van der Waals surface area contributed by atoms with Gasteiger partial charge in [-0.25, -0.2) is 0 Å². The van der Waals surface area contributed by atoms with Crippen LogP contribution in [-0.2, 0) is 6.42 Å². The van der Waals surface area contributed by atoms with Crippen LogP contribution in [0.15, 0.2) is 29.8 Å². The Kier molecular flexibility index (Phi) is 3.36. The van der Waals surface area contributed by atoms with Crippen LogP contribution in [0.2, 0.25) is 0 Å². The van der Waals surface area contributed by atoms with E-state index in [2.05, 4.69) is 38.1 Å². The standard InChI is InChI=1S/C21H28O/c1-14-7-10-20-19-6-4-5-15-13-16(22-3)8-9-17(15)18(19)11-12-21(14,20)2/h7-9,13,18-20H,4-6,10-12H2,1-3H3. The SMILES string of the molecule is COc1ccc2c(c1)CCCC1C2CCC2(C)C(C)=CCC12. The van der Waals surface area contributed by atoms with Crippen LogP contribution < -0.4 is 4.74 Å². The fraction of sp³-hybridized carbons (Fsp3) is 0.619. The fourth-order valence-electron chi connectivity index (χ4n) is 5.67. The lowest BCUT2D eigenvalue weighted by molar-refractivity contribution is 0.0819. The molecule has 1 aromatic rings. The third kappa shape index (κ3) is 1.97. The quantitative estimate of drug-likeness (QED) is 0.622. The molecule has 1 saturated carbocycles. The molecule has 1 heteroatoms. The average Bonchev–Trinajstić information content (AvgIpc) is 2.72. The zero-order valence-electron chi connectivity index (χ0n) is 14.2. The third-order valence-electron chi connectivity index (χ3n) is 7.14. The Hall–Kier alpha value is -1.24. The molecule has 0 aliphatic heterocycles. The zero-order valence-corrected chi connectivity index (χ0v) is 14.2. The molecule has 0 amide bonds. The lowest BCUT2D eigenvalue weighted by atomic mass is 9.57. The molecule has 4 rings (SSSR count). The Bertz CT molecular complexity index is 614. The Balaban J connectivity index is 1.72. The summed E-state index contributed by atoms with van der Waals surface area (Å²) in [5.41, 5.74) is 5.33. The highest BCUT2D eigenvalue weighted by Crippen LogP contribution is 2.60. The van der Waals surface area contributed by atoms with E-state index in [1.807, 2.05) is 0 Å². The first kappa shape index (κ1) is 14.4. The molecule has 4 unspecified atom stereocenters. The smallest absolute Gasteiger partial charge is 0.119 e. The van der Waals surface area contributed by atoms with Crippen LogP contribution in [-0.4, -0.2) is 7.11 Å². The third-order valence-corrected chi connectivity index (χ3v) is 7.14. The van der Waals surface area contributed by atoms with E-state index in [9.17, 15) is 0 Å². The van der Waals surface area contributed by atoms with E-state index in [-0.39, 0.29) is 0 Å². The minimum atomic E-state index is 0.484. The van der Waals surface area contributed by atoms with Crippen LogP contribution in [0.4, 0.5) is 0 Å². The lowest BCUT2D eigenvalue weighted by Crippen LogP contribution is -2.38. The maximum Gasteiger partial charge on any atom is 0.119 e. The maximum absolute atomic E-state index is 5.45. The first-order valence-electron chi connectivity index (χ1n) is 8.97. The number of aryl methyl sites for hydroxylation is 1. The molecule has 3 aliphatic rings. The zero-order chi connectivity index (χ0) is 15.3. The van der Waals surface area contributed by atoms with Crippen molar-refractivity contribution in [2.45, 2.75) is 58.3 Å². The molecular weight excluding hydrogens is 268 g/mol. The molecule has 4 atom stereocenters. The summed E-state index contributed by atoms with van der Waals surface area (Å²) in [7, 11) is 1.78. The van der Waals surface area contributed by atoms with Crippen molar-refractivity contribution in [1.82, 2.24) is 0 Å². The number of allylic oxidation sites excluding steroid dienone is 2. The summed E-state index contributed by atoms with van der Waals surface area (Å²) in [6.07, 6.45) is 10.6. The first-order chi connectivity index (χ1) is 10.6. The van der Waals surface area contributed by atoms with Crippen molar-refractivity contribution < 1.29 is 4.74 Å². The first-order valence-corrected chi connectivity index (χ1v) is 8.97. The predicted octanol–water partition coefficient (Wildman–Crippen LogP) is 5.50. The fourth-order valence-corrected chi connectivity index (χ4v) is 5.67. The van der Waals surface area contributed by atoms with Crippen LogP contribution in [0.25, 0.3) is 0 Å². The maximum atomic E-state index is 5.45.